The fourth-order valence-corrected chi connectivity index (χ4v) is 3.76. The number of aliphatic hydroxyl groups excluding tert-OH is 1. The second kappa shape index (κ2) is 7.67. The maximum absolute atomic E-state index is 14.0. The minimum absolute atomic E-state index is 0.193. The van der Waals surface area contributed by atoms with Crippen LogP contribution in [0.5, 0.6) is 0 Å². The van der Waals surface area contributed by atoms with Crippen LogP contribution in [-0.2, 0) is 13.5 Å². The molecular weight excluding hydrogens is 359 g/mol. The average Bonchev–Trinajstić information content (AvgIpc) is 2.70. The first kappa shape index (κ1) is 18.6. The van der Waals surface area contributed by atoms with Crippen molar-refractivity contribution in [2.24, 2.45) is 7.05 Å². The molecule has 146 valence electrons. The fraction of sp³-hybridized carbons (Fsp3) is 0.381. The number of anilines is 1. The van der Waals surface area contributed by atoms with E-state index in [2.05, 4.69) is 15.3 Å². The van der Waals surface area contributed by atoms with Crippen molar-refractivity contribution in [3.05, 3.63) is 63.8 Å². The molecule has 0 saturated heterocycles. The Bertz CT molecular complexity index is 1060. The minimum Gasteiger partial charge on any atom is -0.393 e. The van der Waals surface area contributed by atoms with Gasteiger partial charge in [0.1, 0.15) is 11.5 Å². The third kappa shape index (κ3) is 3.75. The lowest BCUT2D eigenvalue weighted by Crippen LogP contribution is -2.29. The Hall–Kier alpha value is -2.80. The molecule has 0 unspecified atom stereocenters. The summed E-state index contributed by atoms with van der Waals surface area (Å²) in [5.74, 6) is 0.156. The molecule has 4 rings (SSSR count). The van der Waals surface area contributed by atoms with Gasteiger partial charge in [0.25, 0.3) is 5.56 Å². The fourth-order valence-electron chi connectivity index (χ4n) is 3.76. The van der Waals surface area contributed by atoms with Gasteiger partial charge in [-0.05, 0) is 43.4 Å². The Morgan fingerprint density at radius 3 is 2.71 bits per heavy atom. The van der Waals surface area contributed by atoms with Crippen LogP contribution in [0.4, 0.5) is 10.3 Å². The molecule has 0 atom stereocenters. The molecule has 0 bridgehead atoms. The second-order valence-corrected chi connectivity index (χ2v) is 7.42. The molecule has 1 fully saturated rings. The number of aliphatic hydroxyl groups is 1. The summed E-state index contributed by atoms with van der Waals surface area (Å²) in [6.07, 6.45) is 4.95. The lowest BCUT2D eigenvalue weighted by Gasteiger charge is -2.26. The summed E-state index contributed by atoms with van der Waals surface area (Å²) < 4.78 is 15.5. The van der Waals surface area contributed by atoms with Gasteiger partial charge >= 0.3 is 0 Å². The molecule has 1 aliphatic rings. The maximum atomic E-state index is 14.0. The quantitative estimate of drug-likeness (QED) is 0.725. The standard InChI is InChI=1S/C21H23FN4O2/c1-26-19-15(11-14(20(26)28)10-13-4-2-3-5-18(13)22)12-23-21(25-19)24-16-6-8-17(27)9-7-16/h2-5,11-12,16-17,27H,6-10H2,1H3,(H,23,24,25). The van der Waals surface area contributed by atoms with E-state index >= 15 is 0 Å². The summed E-state index contributed by atoms with van der Waals surface area (Å²) in [6.45, 7) is 0. The van der Waals surface area contributed by atoms with Crippen molar-refractivity contribution in [1.82, 2.24) is 14.5 Å². The zero-order valence-electron chi connectivity index (χ0n) is 15.7. The van der Waals surface area contributed by atoms with E-state index in [1.54, 1.807) is 37.5 Å². The van der Waals surface area contributed by atoms with Crippen LogP contribution in [0.15, 0.2) is 41.3 Å². The average molecular weight is 382 g/mol. The lowest BCUT2D eigenvalue weighted by molar-refractivity contribution is 0.126. The molecule has 0 amide bonds. The van der Waals surface area contributed by atoms with Crippen molar-refractivity contribution >= 4 is 17.0 Å². The van der Waals surface area contributed by atoms with Crippen LogP contribution in [0.25, 0.3) is 11.0 Å². The third-order valence-electron chi connectivity index (χ3n) is 5.39. The summed E-state index contributed by atoms with van der Waals surface area (Å²) in [7, 11) is 1.67. The van der Waals surface area contributed by atoms with Crippen molar-refractivity contribution in [2.75, 3.05) is 5.32 Å². The van der Waals surface area contributed by atoms with Crippen molar-refractivity contribution in [1.29, 1.82) is 0 Å². The highest BCUT2D eigenvalue weighted by Gasteiger charge is 2.20. The Balaban J connectivity index is 1.63. The van der Waals surface area contributed by atoms with E-state index < -0.39 is 0 Å². The van der Waals surface area contributed by atoms with E-state index in [1.165, 1.54) is 10.6 Å². The van der Waals surface area contributed by atoms with Gasteiger partial charge in [-0.25, -0.2) is 9.37 Å². The van der Waals surface area contributed by atoms with Gasteiger partial charge in [-0.3, -0.25) is 9.36 Å². The van der Waals surface area contributed by atoms with Crippen LogP contribution < -0.4 is 10.9 Å². The van der Waals surface area contributed by atoms with Crippen LogP contribution >= 0.6 is 0 Å². The monoisotopic (exact) mass is 382 g/mol. The van der Waals surface area contributed by atoms with Gasteiger partial charge in [0.15, 0.2) is 0 Å². The molecular formula is C21H23FN4O2. The van der Waals surface area contributed by atoms with Gasteiger partial charge in [-0.15, -0.1) is 0 Å². The van der Waals surface area contributed by atoms with Gasteiger partial charge < -0.3 is 10.4 Å². The number of hydrogen-bond acceptors (Lipinski definition) is 5. The number of fused-ring (bicyclic) bond motifs is 1. The molecule has 1 aromatic carbocycles. The van der Waals surface area contributed by atoms with Gasteiger partial charge in [0, 0.05) is 36.7 Å². The van der Waals surface area contributed by atoms with Crippen LogP contribution in [0.1, 0.15) is 36.8 Å². The molecule has 1 saturated carbocycles. The zero-order valence-corrected chi connectivity index (χ0v) is 15.7. The van der Waals surface area contributed by atoms with Crippen molar-refractivity contribution in [3.8, 4) is 0 Å². The van der Waals surface area contributed by atoms with E-state index in [0.717, 1.165) is 31.1 Å². The summed E-state index contributed by atoms with van der Waals surface area (Å²) in [6, 6.07) is 8.43. The molecule has 3 aromatic rings. The Labute approximate surface area is 162 Å². The molecule has 0 aliphatic heterocycles. The van der Waals surface area contributed by atoms with E-state index in [4.69, 9.17) is 0 Å². The van der Waals surface area contributed by atoms with Gasteiger partial charge in [0.2, 0.25) is 5.95 Å². The number of pyridine rings is 1. The smallest absolute Gasteiger partial charge is 0.255 e. The van der Waals surface area contributed by atoms with E-state index in [9.17, 15) is 14.3 Å². The molecule has 2 aromatic heterocycles. The number of nitrogens with one attached hydrogen (secondary N) is 1. The highest BCUT2D eigenvalue weighted by Crippen LogP contribution is 2.22. The number of aromatic nitrogens is 3. The number of nitrogens with zero attached hydrogens (tertiary/aromatic N) is 3. The molecule has 2 heterocycles. The number of rotatable bonds is 4. The van der Waals surface area contributed by atoms with Crippen LogP contribution in [0, 0.1) is 5.82 Å². The van der Waals surface area contributed by atoms with Crippen molar-refractivity contribution in [3.63, 3.8) is 0 Å². The second-order valence-electron chi connectivity index (χ2n) is 7.42. The highest BCUT2D eigenvalue weighted by molar-refractivity contribution is 5.76. The predicted molar refractivity (Wildman–Crippen MR) is 106 cm³/mol. The SMILES string of the molecule is Cn1c(=O)c(Cc2ccccc2F)cc2cnc(NC3CCC(O)CC3)nc21. The largest absolute Gasteiger partial charge is 0.393 e. The highest BCUT2D eigenvalue weighted by atomic mass is 19.1. The molecule has 1 aliphatic carbocycles. The summed E-state index contributed by atoms with van der Waals surface area (Å²) in [4.78, 5) is 21.7. The molecule has 6 nitrogen and oxygen atoms in total. The van der Waals surface area contributed by atoms with Gasteiger partial charge in [-0.1, -0.05) is 18.2 Å². The predicted octanol–water partition coefficient (Wildman–Crippen LogP) is 2.77. The Morgan fingerprint density at radius 2 is 1.96 bits per heavy atom. The summed E-state index contributed by atoms with van der Waals surface area (Å²) in [5.41, 5.74) is 1.33. The van der Waals surface area contributed by atoms with Crippen molar-refractivity contribution in [2.45, 2.75) is 44.2 Å². The molecule has 0 radical (unpaired) electrons. The Kier molecular flexibility index (Phi) is 5.09. The molecule has 7 heteroatoms. The van der Waals surface area contributed by atoms with Crippen LogP contribution in [0.3, 0.4) is 0 Å². The molecule has 28 heavy (non-hydrogen) atoms. The van der Waals surface area contributed by atoms with E-state index in [1.807, 2.05) is 0 Å². The van der Waals surface area contributed by atoms with Crippen LogP contribution in [-0.4, -0.2) is 31.8 Å². The third-order valence-corrected chi connectivity index (χ3v) is 5.39. The first-order chi connectivity index (χ1) is 13.5. The Morgan fingerprint density at radius 1 is 1.21 bits per heavy atom. The van der Waals surface area contributed by atoms with E-state index in [0.29, 0.717) is 22.7 Å². The maximum Gasteiger partial charge on any atom is 0.255 e. The topological polar surface area (TPSA) is 80.0 Å². The van der Waals surface area contributed by atoms with Gasteiger partial charge in [0.05, 0.1) is 6.10 Å². The summed E-state index contributed by atoms with van der Waals surface area (Å²) in [5, 5.41) is 13.7. The zero-order chi connectivity index (χ0) is 19.7. The normalized spacial score (nSPS) is 19.7. The minimum atomic E-state index is -0.321. The number of benzene rings is 1. The van der Waals surface area contributed by atoms with Crippen LogP contribution in [0.2, 0.25) is 0 Å². The number of aryl methyl sites for hydroxylation is 1. The number of hydrogen-bond donors (Lipinski definition) is 2. The van der Waals surface area contributed by atoms with Crippen molar-refractivity contribution < 1.29 is 9.50 Å². The van der Waals surface area contributed by atoms with Gasteiger partial charge in [-0.2, -0.15) is 4.98 Å². The summed E-state index contributed by atoms with van der Waals surface area (Å²) >= 11 is 0. The first-order valence-corrected chi connectivity index (χ1v) is 9.55. The molecule has 0 spiro atoms. The van der Waals surface area contributed by atoms with E-state index in [-0.39, 0.29) is 29.9 Å². The first-order valence-electron chi connectivity index (χ1n) is 9.55. The molecule has 2 N–H and O–H groups in total. The number of halogens is 1. The lowest BCUT2D eigenvalue weighted by atomic mass is 9.93.